The van der Waals surface area contributed by atoms with Crippen LogP contribution in [0.5, 0.6) is 0 Å². The van der Waals surface area contributed by atoms with Gasteiger partial charge in [0.15, 0.2) is 0 Å². The van der Waals surface area contributed by atoms with E-state index in [0.29, 0.717) is 23.1 Å². The quantitative estimate of drug-likeness (QED) is 0.441. The van der Waals surface area contributed by atoms with Crippen LogP contribution in [0.4, 0.5) is 5.69 Å². The van der Waals surface area contributed by atoms with Crippen molar-refractivity contribution in [3.63, 3.8) is 0 Å². The van der Waals surface area contributed by atoms with E-state index in [-0.39, 0.29) is 11.9 Å². The van der Waals surface area contributed by atoms with Gasteiger partial charge in [-0.15, -0.1) is 0 Å². The molecule has 8 nitrogen and oxygen atoms in total. The maximum absolute atomic E-state index is 12.9. The molecule has 0 spiro atoms. The number of amides is 1. The Bertz CT molecular complexity index is 1270. The molecule has 1 aromatic carbocycles. The molecule has 1 saturated heterocycles. The van der Waals surface area contributed by atoms with E-state index in [4.69, 9.17) is 4.52 Å². The molecule has 0 saturated carbocycles. The minimum atomic E-state index is -0.226. The first-order valence-corrected chi connectivity index (χ1v) is 11.8. The van der Waals surface area contributed by atoms with Gasteiger partial charge in [0.05, 0.1) is 12.2 Å². The van der Waals surface area contributed by atoms with Crippen molar-refractivity contribution in [1.82, 2.24) is 23.8 Å². The van der Waals surface area contributed by atoms with Crippen LogP contribution in [0.1, 0.15) is 47.2 Å². The maximum atomic E-state index is 12.9. The Morgan fingerprint density at radius 3 is 3.03 bits per heavy atom. The minimum Gasteiger partial charge on any atom is -0.337 e. The van der Waals surface area contributed by atoms with Gasteiger partial charge in [-0.1, -0.05) is 41.7 Å². The SMILES string of the molecule is CSN1CCCCC1c1nc(-c2ccc(C)c(NC(=O)c3cnc4ccccn34)c2)no1. The van der Waals surface area contributed by atoms with Gasteiger partial charge in [-0.3, -0.25) is 9.20 Å². The van der Waals surface area contributed by atoms with Crippen LogP contribution in [0.3, 0.4) is 0 Å². The van der Waals surface area contributed by atoms with Crippen molar-refractivity contribution < 1.29 is 9.32 Å². The molecule has 9 heteroatoms. The number of carbonyl (C=O) groups excluding carboxylic acids is 1. The number of aryl methyl sites for hydroxylation is 1. The molecule has 3 aromatic heterocycles. The first-order valence-electron chi connectivity index (χ1n) is 10.6. The van der Waals surface area contributed by atoms with E-state index in [2.05, 4.69) is 31.0 Å². The van der Waals surface area contributed by atoms with Crippen molar-refractivity contribution in [3.8, 4) is 11.4 Å². The lowest BCUT2D eigenvalue weighted by Crippen LogP contribution is -2.27. The summed E-state index contributed by atoms with van der Waals surface area (Å²) < 4.78 is 9.70. The maximum Gasteiger partial charge on any atom is 0.274 e. The zero-order valence-corrected chi connectivity index (χ0v) is 18.8. The standard InChI is InChI=1S/C23H24N6O2S/c1-15-9-10-16(21-26-23(31-27-21)18-7-3-6-12-29(18)32-2)13-17(15)25-22(30)19-14-24-20-8-4-5-11-28(19)20/h4-5,8-11,13-14,18H,3,6-7,12H2,1-2H3,(H,25,30). The molecule has 0 bridgehead atoms. The lowest BCUT2D eigenvalue weighted by Gasteiger charge is -2.30. The lowest BCUT2D eigenvalue weighted by atomic mass is 10.1. The zero-order chi connectivity index (χ0) is 22.1. The highest BCUT2D eigenvalue weighted by molar-refractivity contribution is 7.96. The van der Waals surface area contributed by atoms with Crippen LogP contribution >= 0.6 is 11.9 Å². The van der Waals surface area contributed by atoms with Gasteiger partial charge in [-0.25, -0.2) is 9.29 Å². The van der Waals surface area contributed by atoms with Gasteiger partial charge < -0.3 is 9.84 Å². The van der Waals surface area contributed by atoms with Crippen LogP contribution in [0.2, 0.25) is 0 Å². The van der Waals surface area contributed by atoms with Crippen molar-refractivity contribution in [2.24, 2.45) is 0 Å². The van der Waals surface area contributed by atoms with Gasteiger partial charge in [-0.05, 0) is 49.8 Å². The Kier molecular flexibility index (Phi) is 5.67. The molecule has 1 atom stereocenters. The topological polar surface area (TPSA) is 88.6 Å². The van der Waals surface area contributed by atoms with E-state index in [1.165, 1.54) is 6.42 Å². The molecule has 1 aliphatic heterocycles. The second-order valence-corrected chi connectivity index (χ2v) is 8.68. The highest BCUT2D eigenvalue weighted by Gasteiger charge is 2.28. The van der Waals surface area contributed by atoms with Crippen LogP contribution < -0.4 is 5.32 Å². The second kappa shape index (κ2) is 8.76. The monoisotopic (exact) mass is 448 g/mol. The van der Waals surface area contributed by atoms with Crippen LogP contribution in [0, 0.1) is 6.92 Å². The molecule has 32 heavy (non-hydrogen) atoms. The average molecular weight is 449 g/mol. The third-order valence-corrected chi connectivity index (χ3v) is 6.71. The number of anilines is 1. The first-order chi connectivity index (χ1) is 15.6. The van der Waals surface area contributed by atoms with E-state index in [1.807, 2.05) is 49.5 Å². The summed E-state index contributed by atoms with van der Waals surface area (Å²) in [7, 11) is 0. The largest absolute Gasteiger partial charge is 0.337 e. The van der Waals surface area contributed by atoms with Crippen molar-refractivity contribution in [2.75, 3.05) is 18.1 Å². The molecule has 164 valence electrons. The van der Waals surface area contributed by atoms with E-state index in [9.17, 15) is 4.79 Å². The number of imidazole rings is 1. The van der Waals surface area contributed by atoms with Crippen molar-refractivity contribution in [1.29, 1.82) is 0 Å². The molecule has 4 heterocycles. The Morgan fingerprint density at radius 2 is 2.16 bits per heavy atom. The molecule has 1 unspecified atom stereocenters. The Hall–Kier alpha value is -3.17. The normalized spacial score (nSPS) is 17.0. The number of rotatable bonds is 5. The number of pyridine rings is 1. The number of hydrogen-bond donors (Lipinski definition) is 1. The van der Waals surface area contributed by atoms with E-state index in [0.717, 1.165) is 36.2 Å². The molecule has 1 aliphatic rings. The minimum absolute atomic E-state index is 0.139. The Labute approximate surface area is 190 Å². The molecule has 1 fully saturated rings. The van der Waals surface area contributed by atoms with Crippen LogP contribution in [-0.4, -0.2) is 42.5 Å². The summed E-state index contributed by atoms with van der Waals surface area (Å²) in [6.07, 6.45) is 8.84. The van der Waals surface area contributed by atoms with Crippen molar-refractivity contribution in [2.45, 2.75) is 32.2 Å². The molecular formula is C23H24N6O2S. The number of piperidine rings is 1. The zero-order valence-electron chi connectivity index (χ0n) is 18.0. The highest BCUT2D eigenvalue weighted by atomic mass is 32.2. The molecule has 0 radical (unpaired) electrons. The van der Waals surface area contributed by atoms with E-state index in [1.54, 1.807) is 22.5 Å². The van der Waals surface area contributed by atoms with Gasteiger partial charge in [-0.2, -0.15) is 4.98 Å². The second-order valence-electron chi connectivity index (χ2n) is 7.85. The van der Waals surface area contributed by atoms with E-state index >= 15 is 0 Å². The highest BCUT2D eigenvalue weighted by Crippen LogP contribution is 2.35. The number of hydrogen-bond acceptors (Lipinski definition) is 7. The van der Waals surface area contributed by atoms with Crippen LogP contribution in [-0.2, 0) is 0 Å². The Morgan fingerprint density at radius 1 is 1.25 bits per heavy atom. The summed E-state index contributed by atoms with van der Waals surface area (Å²) in [5, 5.41) is 7.23. The summed E-state index contributed by atoms with van der Waals surface area (Å²) in [6.45, 7) is 2.97. The fourth-order valence-electron chi connectivity index (χ4n) is 4.04. The summed E-state index contributed by atoms with van der Waals surface area (Å²) in [4.78, 5) is 21.9. The predicted octanol–water partition coefficient (Wildman–Crippen LogP) is 4.75. The molecular weight excluding hydrogens is 424 g/mol. The third kappa shape index (κ3) is 3.89. The summed E-state index contributed by atoms with van der Waals surface area (Å²) in [5.41, 5.74) is 3.64. The van der Waals surface area contributed by atoms with Gasteiger partial charge in [0.2, 0.25) is 11.7 Å². The average Bonchev–Trinajstić information content (AvgIpc) is 3.48. The third-order valence-electron chi connectivity index (χ3n) is 5.81. The van der Waals surface area contributed by atoms with Gasteiger partial charge in [0.25, 0.3) is 5.91 Å². The smallest absolute Gasteiger partial charge is 0.274 e. The molecule has 4 aromatic rings. The molecule has 5 rings (SSSR count). The van der Waals surface area contributed by atoms with Crippen molar-refractivity contribution >= 4 is 29.2 Å². The predicted molar refractivity (Wildman–Crippen MR) is 124 cm³/mol. The number of aromatic nitrogens is 4. The number of benzene rings is 1. The van der Waals surface area contributed by atoms with Crippen LogP contribution in [0.15, 0.2) is 53.3 Å². The number of nitrogens with zero attached hydrogens (tertiary/aromatic N) is 5. The molecule has 1 N–H and O–H groups in total. The number of nitrogens with one attached hydrogen (secondary N) is 1. The fourth-order valence-corrected chi connectivity index (χ4v) is 4.80. The van der Waals surface area contributed by atoms with Crippen molar-refractivity contribution in [3.05, 3.63) is 65.9 Å². The van der Waals surface area contributed by atoms with Gasteiger partial charge in [0.1, 0.15) is 11.3 Å². The Balaban J connectivity index is 1.40. The number of carbonyl (C=O) groups is 1. The molecule has 1 amide bonds. The van der Waals surface area contributed by atoms with Gasteiger partial charge in [0, 0.05) is 24.0 Å². The summed E-state index contributed by atoms with van der Waals surface area (Å²) >= 11 is 1.72. The summed E-state index contributed by atoms with van der Waals surface area (Å²) in [5.74, 6) is 0.943. The van der Waals surface area contributed by atoms with Gasteiger partial charge >= 0.3 is 0 Å². The fraction of sp³-hybridized carbons (Fsp3) is 0.304. The lowest BCUT2D eigenvalue weighted by molar-refractivity contribution is 0.102. The van der Waals surface area contributed by atoms with Crippen LogP contribution in [0.25, 0.3) is 17.0 Å². The number of fused-ring (bicyclic) bond motifs is 1. The summed E-state index contributed by atoms with van der Waals surface area (Å²) in [6, 6.07) is 11.5. The van der Waals surface area contributed by atoms with E-state index < -0.39 is 0 Å². The first kappa shape index (κ1) is 20.7. The molecule has 0 aliphatic carbocycles.